The first-order chi connectivity index (χ1) is 12.3. The maximum atomic E-state index is 5.92. The zero-order valence-electron chi connectivity index (χ0n) is 14.8. The van der Waals surface area contributed by atoms with E-state index in [0.717, 1.165) is 36.6 Å². The van der Waals surface area contributed by atoms with E-state index in [0.29, 0.717) is 24.8 Å². The van der Waals surface area contributed by atoms with Gasteiger partial charge in [-0.05, 0) is 43.9 Å². The van der Waals surface area contributed by atoms with Crippen molar-refractivity contribution >= 4 is 29.9 Å². The van der Waals surface area contributed by atoms with Crippen molar-refractivity contribution in [1.82, 2.24) is 25.4 Å². The normalized spacial score (nSPS) is 24.3. The van der Waals surface area contributed by atoms with Crippen LogP contribution in [0.3, 0.4) is 0 Å². The van der Waals surface area contributed by atoms with E-state index in [1.54, 1.807) is 11.0 Å². The Bertz CT molecular complexity index is 718. The van der Waals surface area contributed by atoms with Crippen molar-refractivity contribution in [2.75, 3.05) is 6.54 Å². The van der Waals surface area contributed by atoms with E-state index >= 15 is 0 Å². The molecule has 1 aromatic heterocycles. The van der Waals surface area contributed by atoms with Crippen LogP contribution in [0.15, 0.2) is 41.9 Å². The Morgan fingerprint density at radius 1 is 1.31 bits per heavy atom. The largest absolute Gasteiger partial charge is 0.373 e. The molecule has 2 bridgehead atoms. The molecule has 1 aromatic carbocycles. The number of hydrogen-bond acceptors (Lipinski definition) is 4. The van der Waals surface area contributed by atoms with E-state index in [4.69, 9.17) is 9.73 Å². The minimum atomic E-state index is 0. The van der Waals surface area contributed by atoms with Crippen molar-refractivity contribution < 1.29 is 4.74 Å². The minimum absolute atomic E-state index is 0. The van der Waals surface area contributed by atoms with E-state index in [1.165, 1.54) is 12.7 Å². The molecule has 3 unspecified atom stereocenters. The molecule has 7 nitrogen and oxygen atoms in total. The van der Waals surface area contributed by atoms with Crippen LogP contribution in [0.4, 0.5) is 0 Å². The molecule has 2 aliphatic rings. The molecule has 2 aliphatic heterocycles. The van der Waals surface area contributed by atoms with Crippen molar-refractivity contribution in [3.8, 4) is 5.69 Å². The van der Waals surface area contributed by atoms with Gasteiger partial charge in [0.1, 0.15) is 12.7 Å². The summed E-state index contributed by atoms with van der Waals surface area (Å²) in [6.07, 6.45) is 7.46. The fourth-order valence-electron chi connectivity index (χ4n) is 3.55. The van der Waals surface area contributed by atoms with Crippen LogP contribution in [-0.4, -0.2) is 45.5 Å². The third kappa shape index (κ3) is 4.35. The fraction of sp³-hybridized carbons (Fsp3) is 0.500. The van der Waals surface area contributed by atoms with Crippen LogP contribution in [0, 0.1) is 0 Å². The third-order valence-electron chi connectivity index (χ3n) is 4.81. The van der Waals surface area contributed by atoms with E-state index < -0.39 is 0 Å². The Morgan fingerprint density at radius 2 is 2.15 bits per heavy atom. The molecule has 0 saturated carbocycles. The number of ether oxygens (including phenoxy) is 1. The highest BCUT2D eigenvalue weighted by molar-refractivity contribution is 14.0. The number of nitrogens with zero attached hydrogens (tertiary/aromatic N) is 4. The van der Waals surface area contributed by atoms with Crippen LogP contribution in [0.2, 0.25) is 0 Å². The summed E-state index contributed by atoms with van der Waals surface area (Å²) < 4.78 is 7.66. The second-order valence-corrected chi connectivity index (χ2v) is 6.56. The van der Waals surface area contributed by atoms with Gasteiger partial charge in [0, 0.05) is 6.54 Å². The summed E-state index contributed by atoms with van der Waals surface area (Å²) in [4.78, 5) is 8.70. The Labute approximate surface area is 170 Å². The van der Waals surface area contributed by atoms with Gasteiger partial charge in [0.05, 0.1) is 30.5 Å². The molecule has 140 valence electrons. The zero-order valence-corrected chi connectivity index (χ0v) is 17.2. The van der Waals surface area contributed by atoms with Crippen LogP contribution in [0.25, 0.3) is 5.69 Å². The Balaban J connectivity index is 0.00000196. The van der Waals surface area contributed by atoms with Crippen molar-refractivity contribution in [3.63, 3.8) is 0 Å². The molecule has 0 radical (unpaired) electrons. The quantitative estimate of drug-likeness (QED) is 0.400. The number of nitrogens with one attached hydrogen (secondary N) is 2. The lowest BCUT2D eigenvalue weighted by Crippen LogP contribution is -2.47. The van der Waals surface area contributed by atoms with E-state index in [-0.39, 0.29) is 24.0 Å². The molecule has 0 spiro atoms. The van der Waals surface area contributed by atoms with Crippen LogP contribution in [0.5, 0.6) is 0 Å². The van der Waals surface area contributed by atoms with Crippen molar-refractivity contribution in [2.45, 2.75) is 51.0 Å². The van der Waals surface area contributed by atoms with Gasteiger partial charge in [-0.2, -0.15) is 5.10 Å². The minimum Gasteiger partial charge on any atom is -0.373 e. The summed E-state index contributed by atoms with van der Waals surface area (Å²) >= 11 is 0. The van der Waals surface area contributed by atoms with Gasteiger partial charge in [-0.3, -0.25) is 0 Å². The fourth-order valence-corrected chi connectivity index (χ4v) is 3.55. The van der Waals surface area contributed by atoms with Crippen LogP contribution in [0.1, 0.15) is 31.7 Å². The van der Waals surface area contributed by atoms with Gasteiger partial charge in [0.15, 0.2) is 5.96 Å². The Morgan fingerprint density at radius 3 is 2.77 bits per heavy atom. The lowest BCUT2D eigenvalue weighted by atomic mass is 9.96. The third-order valence-corrected chi connectivity index (χ3v) is 4.81. The molecule has 0 amide bonds. The topological polar surface area (TPSA) is 76.4 Å². The second kappa shape index (κ2) is 8.81. The summed E-state index contributed by atoms with van der Waals surface area (Å²) in [7, 11) is 0. The molecular weight excluding hydrogens is 443 g/mol. The predicted molar refractivity (Wildman–Crippen MR) is 111 cm³/mol. The number of rotatable bonds is 5. The highest BCUT2D eigenvalue weighted by Crippen LogP contribution is 2.34. The molecule has 26 heavy (non-hydrogen) atoms. The predicted octanol–water partition coefficient (Wildman–Crippen LogP) is 2.26. The molecule has 3 atom stereocenters. The molecule has 2 saturated heterocycles. The smallest absolute Gasteiger partial charge is 0.191 e. The average molecular weight is 468 g/mol. The molecule has 4 rings (SSSR count). The van der Waals surface area contributed by atoms with Crippen LogP contribution in [-0.2, 0) is 11.3 Å². The van der Waals surface area contributed by atoms with Gasteiger partial charge in [0.25, 0.3) is 0 Å². The number of halogens is 1. The molecule has 3 heterocycles. The molecule has 2 N–H and O–H groups in total. The van der Waals surface area contributed by atoms with Gasteiger partial charge >= 0.3 is 0 Å². The van der Waals surface area contributed by atoms with Crippen molar-refractivity contribution in [3.05, 3.63) is 42.5 Å². The summed E-state index contributed by atoms with van der Waals surface area (Å²) in [5.74, 6) is 0.865. The van der Waals surface area contributed by atoms with Crippen molar-refractivity contribution in [2.24, 2.45) is 4.99 Å². The maximum absolute atomic E-state index is 5.92. The van der Waals surface area contributed by atoms with Crippen LogP contribution < -0.4 is 10.6 Å². The first-order valence-corrected chi connectivity index (χ1v) is 8.96. The number of guanidine groups is 1. The lowest BCUT2D eigenvalue weighted by Gasteiger charge is -2.22. The first kappa shape index (κ1) is 19.1. The number of benzene rings is 1. The number of aromatic nitrogens is 3. The average Bonchev–Trinajstić information content (AvgIpc) is 3.38. The SMILES string of the molecule is CCNC(=NCc1ccc(-n2cncn2)cc1)NC1CC2CCC1O2.I. The van der Waals surface area contributed by atoms with E-state index in [1.807, 2.05) is 12.1 Å². The maximum Gasteiger partial charge on any atom is 0.191 e. The highest BCUT2D eigenvalue weighted by Gasteiger charge is 2.41. The summed E-state index contributed by atoms with van der Waals surface area (Å²) in [5, 5.41) is 11.0. The van der Waals surface area contributed by atoms with Gasteiger partial charge < -0.3 is 15.4 Å². The highest BCUT2D eigenvalue weighted by atomic mass is 127. The summed E-state index contributed by atoms with van der Waals surface area (Å²) in [6.45, 7) is 3.56. The van der Waals surface area contributed by atoms with E-state index in [2.05, 4.69) is 39.8 Å². The van der Waals surface area contributed by atoms with Crippen molar-refractivity contribution in [1.29, 1.82) is 0 Å². The summed E-state index contributed by atoms with van der Waals surface area (Å²) in [6, 6.07) is 8.59. The van der Waals surface area contributed by atoms with Crippen LogP contribution >= 0.6 is 24.0 Å². The molecule has 2 fully saturated rings. The van der Waals surface area contributed by atoms with Gasteiger partial charge in [-0.15, -0.1) is 24.0 Å². The zero-order chi connectivity index (χ0) is 17.1. The monoisotopic (exact) mass is 468 g/mol. The van der Waals surface area contributed by atoms with Gasteiger partial charge in [0.2, 0.25) is 0 Å². The van der Waals surface area contributed by atoms with E-state index in [9.17, 15) is 0 Å². The molecule has 0 aliphatic carbocycles. The van der Waals surface area contributed by atoms with Gasteiger partial charge in [-0.25, -0.2) is 14.7 Å². The second-order valence-electron chi connectivity index (χ2n) is 6.56. The number of aliphatic imine (C=N–C) groups is 1. The standard InChI is InChI=1S/C18H24N6O.HI/c1-2-20-18(23-16-9-15-7-8-17(16)25-15)21-10-13-3-5-14(6-4-13)24-12-19-11-22-24;/h3-6,11-12,15-17H,2,7-10H2,1H3,(H2,20,21,23);1H. The Kier molecular flexibility index (Phi) is 6.47. The first-order valence-electron chi connectivity index (χ1n) is 8.96. The van der Waals surface area contributed by atoms with Gasteiger partial charge in [-0.1, -0.05) is 12.1 Å². The molecule has 8 heteroatoms. The molecular formula is C18H25IN6O. The lowest BCUT2D eigenvalue weighted by molar-refractivity contribution is 0.0992. The number of fused-ring (bicyclic) bond motifs is 2. The Hall–Kier alpha value is -1.68. The summed E-state index contributed by atoms with van der Waals surface area (Å²) in [5.41, 5.74) is 2.15. The number of hydrogen-bond donors (Lipinski definition) is 2. The molecule has 2 aromatic rings.